The lowest BCUT2D eigenvalue weighted by atomic mass is 9.89. The van der Waals surface area contributed by atoms with Crippen LogP contribution in [0.15, 0.2) is 6.20 Å². The molecule has 1 heterocycles. The van der Waals surface area contributed by atoms with Crippen molar-refractivity contribution in [2.24, 2.45) is 5.92 Å². The lowest BCUT2D eigenvalue weighted by molar-refractivity contribution is -0.00493. The molecule has 0 aliphatic heterocycles. The lowest BCUT2D eigenvalue weighted by Crippen LogP contribution is -2.32. The van der Waals surface area contributed by atoms with Gasteiger partial charge in [-0.1, -0.05) is 18.5 Å². The second-order valence-corrected chi connectivity index (χ2v) is 5.18. The molecule has 1 aromatic heterocycles. The second-order valence-electron chi connectivity index (χ2n) is 4.77. The Morgan fingerprint density at radius 1 is 1.71 bits per heavy atom. The SMILES string of the molecule is COCCn1ncc(Cl)c1C1(O)CCCC1C. The molecule has 1 N–H and O–H groups in total. The number of aliphatic hydroxyl groups is 1. The second kappa shape index (κ2) is 4.96. The number of aromatic nitrogens is 2. The van der Waals surface area contributed by atoms with Gasteiger partial charge in [0.15, 0.2) is 0 Å². The van der Waals surface area contributed by atoms with Crippen LogP contribution in [0, 0.1) is 5.92 Å². The van der Waals surface area contributed by atoms with Crippen molar-refractivity contribution >= 4 is 11.6 Å². The third-order valence-electron chi connectivity index (χ3n) is 3.72. The maximum Gasteiger partial charge on any atom is 0.110 e. The Morgan fingerprint density at radius 2 is 2.47 bits per heavy atom. The fourth-order valence-electron chi connectivity index (χ4n) is 2.65. The molecule has 2 rings (SSSR count). The van der Waals surface area contributed by atoms with E-state index in [0.29, 0.717) is 18.2 Å². The number of rotatable bonds is 4. The van der Waals surface area contributed by atoms with Crippen LogP contribution < -0.4 is 0 Å². The Hall–Kier alpha value is -0.580. The standard InChI is InChI=1S/C12H19ClN2O2/c1-9-4-3-5-12(9,16)11-10(13)8-14-15(11)6-7-17-2/h8-9,16H,3-7H2,1-2H3. The minimum absolute atomic E-state index is 0.220. The molecule has 4 nitrogen and oxygen atoms in total. The van der Waals surface area contributed by atoms with Crippen molar-refractivity contribution in [1.82, 2.24) is 9.78 Å². The highest BCUT2D eigenvalue weighted by Gasteiger charge is 2.43. The van der Waals surface area contributed by atoms with Crippen molar-refractivity contribution in [2.75, 3.05) is 13.7 Å². The third kappa shape index (κ3) is 2.21. The molecule has 2 unspecified atom stereocenters. The van der Waals surface area contributed by atoms with Gasteiger partial charge in [-0.2, -0.15) is 5.10 Å². The first-order chi connectivity index (χ1) is 8.09. The van der Waals surface area contributed by atoms with Gasteiger partial charge in [0.1, 0.15) is 5.60 Å². The molecule has 1 aliphatic carbocycles. The van der Waals surface area contributed by atoms with Crippen molar-refractivity contribution in [1.29, 1.82) is 0 Å². The molecule has 1 saturated carbocycles. The van der Waals surface area contributed by atoms with Gasteiger partial charge in [-0.3, -0.25) is 4.68 Å². The molecule has 2 atom stereocenters. The summed E-state index contributed by atoms with van der Waals surface area (Å²) in [7, 11) is 1.65. The van der Waals surface area contributed by atoms with E-state index in [2.05, 4.69) is 12.0 Å². The van der Waals surface area contributed by atoms with Crippen LogP contribution in [0.5, 0.6) is 0 Å². The van der Waals surface area contributed by atoms with Crippen molar-refractivity contribution < 1.29 is 9.84 Å². The first kappa shape index (κ1) is 12.9. The number of ether oxygens (including phenoxy) is 1. The van der Waals surface area contributed by atoms with E-state index >= 15 is 0 Å². The summed E-state index contributed by atoms with van der Waals surface area (Å²) in [6.07, 6.45) is 4.42. The minimum atomic E-state index is -0.832. The van der Waals surface area contributed by atoms with Gasteiger partial charge in [-0.15, -0.1) is 0 Å². The average Bonchev–Trinajstić information content (AvgIpc) is 2.82. The number of nitrogens with zero attached hydrogens (tertiary/aromatic N) is 2. The summed E-state index contributed by atoms with van der Waals surface area (Å²) in [6.45, 7) is 3.25. The van der Waals surface area contributed by atoms with Crippen LogP contribution in [0.3, 0.4) is 0 Å². The van der Waals surface area contributed by atoms with Crippen LogP contribution >= 0.6 is 11.6 Å². The van der Waals surface area contributed by atoms with E-state index in [1.807, 2.05) is 0 Å². The topological polar surface area (TPSA) is 47.3 Å². The third-order valence-corrected chi connectivity index (χ3v) is 4.00. The van der Waals surface area contributed by atoms with E-state index in [4.69, 9.17) is 16.3 Å². The van der Waals surface area contributed by atoms with Crippen LogP contribution in [0.2, 0.25) is 5.02 Å². The number of methoxy groups -OCH3 is 1. The first-order valence-corrected chi connectivity index (χ1v) is 6.40. The summed E-state index contributed by atoms with van der Waals surface area (Å²) >= 11 is 6.17. The molecule has 1 aliphatic rings. The summed E-state index contributed by atoms with van der Waals surface area (Å²) in [5, 5.41) is 15.6. The predicted octanol–water partition coefficient (Wildman–Crippen LogP) is 2.19. The molecular formula is C12H19ClN2O2. The molecule has 17 heavy (non-hydrogen) atoms. The molecule has 0 spiro atoms. The Morgan fingerprint density at radius 3 is 3.06 bits per heavy atom. The molecule has 1 fully saturated rings. The van der Waals surface area contributed by atoms with Crippen LogP contribution in [0.1, 0.15) is 31.9 Å². The lowest BCUT2D eigenvalue weighted by Gasteiger charge is -2.29. The van der Waals surface area contributed by atoms with Gasteiger partial charge in [0.25, 0.3) is 0 Å². The van der Waals surface area contributed by atoms with E-state index in [-0.39, 0.29) is 5.92 Å². The maximum atomic E-state index is 10.8. The van der Waals surface area contributed by atoms with E-state index in [0.717, 1.165) is 25.0 Å². The average molecular weight is 259 g/mol. The summed E-state index contributed by atoms with van der Waals surface area (Å²) in [6, 6.07) is 0. The normalized spacial score (nSPS) is 28.8. The van der Waals surface area contributed by atoms with Gasteiger partial charge in [0.2, 0.25) is 0 Å². The van der Waals surface area contributed by atoms with Gasteiger partial charge < -0.3 is 9.84 Å². The number of hydrogen-bond donors (Lipinski definition) is 1. The Labute approximate surface area is 107 Å². The minimum Gasteiger partial charge on any atom is -0.383 e. The Kier molecular flexibility index (Phi) is 3.76. The van der Waals surface area contributed by atoms with Crippen LogP contribution in [0.25, 0.3) is 0 Å². The molecule has 1 aromatic rings. The summed E-state index contributed by atoms with van der Waals surface area (Å²) in [4.78, 5) is 0. The molecule has 5 heteroatoms. The molecule has 0 saturated heterocycles. The van der Waals surface area contributed by atoms with Crippen molar-refractivity contribution in [2.45, 2.75) is 38.3 Å². The highest BCUT2D eigenvalue weighted by molar-refractivity contribution is 6.31. The van der Waals surface area contributed by atoms with E-state index in [1.165, 1.54) is 0 Å². The van der Waals surface area contributed by atoms with Crippen molar-refractivity contribution in [3.63, 3.8) is 0 Å². The monoisotopic (exact) mass is 258 g/mol. The first-order valence-electron chi connectivity index (χ1n) is 6.02. The maximum absolute atomic E-state index is 10.8. The van der Waals surface area contributed by atoms with Gasteiger partial charge in [0.05, 0.1) is 30.1 Å². The zero-order valence-electron chi connectivity index (χ0n) is 10.3. The molecule has 0 aromatic carbocycles. The van der Waals surface area contributed by atoms with Crippen LogP contribution in [0.4, 0.5) is 0 Å². The molecular weight excluding hydrogens is 240 g/mol. The smallest absolute Gasteiger partial charge is 0.110 e. The van der Waals surface area contributed by atoms with Gasteiger partial charge >= 0.3 is 0 Å². The van der Waals surface area contributed by atoms with Gasteiger partial charge in [-0.25, -0.2) is 0 Å². The molecule has 0 radical (unpaired) electrons. The van der Waals surface area contributed by atoms with Gasteiger partial charge in [0, 0.05) is 7.11 Å². The Balaban J connectivity index is 2.33. The van der Waals surface area contributed by atoms with Crippen molar-refractivity contribution in [3.05, 3.63) is 16.9 Å². The molecule has 0 amide bonds. The number of halogens is 1. The fraction of sp³-hybridized carbons (Fsp3) is 0.750. The van der Waals surface area contributed by atoms with Crippen LogP contribution in [-0.4, -0.2) is 28.6 Å². The summed E-state index contributed by atoms with van der Waals surface area (Å²) in [5.41, 5.74) is -0.0809. The Bertz CT molecular complexity index is 394. The zero-order valence-corrected chi connectivity index (χ0v) is 11.1. The highest BCUT2D eigenvalue weighted by atomic mass is 35.5. The summed E-state index contributed by atoms with van der Waals surface area (Å²) in [5.74, 6) is 0.220. The summed E-state index contributed by atoms with van der Waals surface area (Å²) < 4.78 is 6.82. The molecule has 96 valence electrons. The molecule has 0 bridgehead atoms. The highest BCUT2D eigenvalue weighted by Crippen LogP contribution is 2.45. The van der Waals surface area contributed by atoms with Crippen molar-refractivity contribution in [3.8, 4) is 0 Å². The zero-order chi connectivity index (χ0) is 12.5. The van der Waals surface area contributed by atoms with E-state index < -0.39 is 5.60 Å². The van der Waals surface area contributed by atoms with E-state index in [1.54, 1.807) is 18.0 Å². The van der Waals surface area contributed by atoms with E-state index in [9.17, 15) is 5.11 Å². The van der Waals surface area contributed by atoms with Gasteiger partial charge in [-0.05, 0) is 25.2 Å². The largest absolute Gasteiger partial charge is 0.383 e. The predicted molar refractivity (Wildman–Crippen MR) is 66.0 cm³/mol. The fourth-order valence-corrected chi connectivity index (χ4v) is 2.96. The quantitative estimate of drug-likeness (QED) is 0.901. The van der Waals surface area contributed by atoms with Crippen LogP contribution in [-0.2, 0) is 16.9 Å². The number of hydrogen-bond acceptors (Lipinski definition) is 3.